The molecule has 0 saturated carbocycles. The Kier molecular flexibility index (Phi) is 6.29. The molecule has 1 fully saturated rings. The summed E-state index contributed by atoms with van der Waals surface area (Å²) in [6.07, 6.45) is 1.39. The zero-order valence-corrected chi connectivity index (χ0v) is 17.9. The molecule has 2 heterocycles. The Bertz CT molecular complexity index is 976. The number of carbonyl (C=O) groups excluding carboxylic acids is 2. The molecule has 1 aliphatic rings. The number of nitrogens with one attached hydrogen (secondary N) is 1. The van der Waals surface area contributed by atoms with Crippen molar-refractivity contribution in [1.29, 1.82) is 0 Å². The zero-order chi connectivity index (χ0) is 20.9. The summed E-state index contributed by atoms with van der Waals surface area (Å²) < 4.78 is 0. The predicted octanol–water partition coefficient (Wildman–Crippen LogP) is 4.81. The number of rotatable bonds is 5. The number of hydrogen-bond donors (Lipinski definition) is 1. The molecule has 1 aliphatic heterocycles. The number of piperidine rings is 1. The maximum atomic E-state index is 13.1. The van der Waals surface area contributed by atoms with Crippen molar-refractivity contribution in [1.82, 2.24) is 10.2 Å². The third-order valence-electron chi connectivity index (χ3n) is 5.72. The second-order valence-corrected chi connectivity index (χ2v) is 8.75. The minimum atomic E-state index is -0.176. The van der Waals surface area contributed by atoms with E-state index in [0.717, 1.165) is 16.0 Å². The zero-order valence-electron chi connectivity index (χ0n) is 17.1. The highest BCUT2D eigenvalue weighted by atomic mass is 32.1. The maximum absolute atomic E-state index is 13.1. The van der Waals surface area contributed by atoms with Gasteiger partial charge in [0.2, 0.25) is 5.91 Å². The summed E-state index contributed by atoms with van der Waals surface area (Å²) in [5, 5.41) is 5.19. The summed E-state index contributed by atoms with van der Waals surface area (Å²) in [6.45, 7) is 3.30. The number of hydrogen-bond acceptors (Lipinski definition) is 3. The van der Waals surface area contributed by atoms with Gasteiger partial charge in [-0.1, -0.05) is 66.2 Å². The van der Waals surface area contributed by atoms with E-state index in [0.29, 0.717) is 25.9 Å². The molecule has 1 N–H and O–H groups in total. The van der Waals surface area contributed by atoms with E-state index in [1.165, 1.54) is 16.9 Å². The third kappa shape index (κ3) is 4.62. The largest absolute Gasteiger partial charge is 0.345 e. The van der Waals surface area contributed by atoms with Gasteiger partial charge in [0, 0.05) is 19.0 Å². The number of carbonyl (C=O) groups is 2. The Labute approximate surface area is 181 Å². The van der Waals surface area contributed by atoms with Gasteiger partial charge >= 0.3 is 0 Å². The predicted molar refractivity (Wildman–Crippen MR) is 121 cm³/mol. The molecular formula is C25H26N2O2S. The molecule has 4 nitrogen and oxygen atoms in total. The van der Waals surface area contributed by atoms with Crippen molar-refractivity contribution in [3.05, 3.63) is 93.7 Å². The van der Waals surface area contributed by atoms with Gasteiger partial charge in [-0.15, -0.1) is 11.3 Å². The number of nitrogens with zero attached hydrogens (tertiary/aromatic N) is 1. The third-order valence-corrected chi connectivity index (χ3v) is 6.57. The molecule has 0 spiro atoms. The highest BCUT2D eigenvalue weighted by molar-refractivity contribution is 7.12. The molecule has 3 aromatic rings. The molecule has 1 unspecified atom stereocenters. The monoisotopic (exact) mass is 418 g/mol. The van der Waals surface area contributed by atoms with Crippen LogP contribution < -0.4 is 5.32 Å². The van der Waals surface area contributed by atoms with Crippen molar-refractivity contribution in [2.24, 2.45) is 5.92 Å². The average Bonchev–Trinajstić information content (AvgIpc) is 3.33. The van der Waals surface area contributed by atoms with Crippen LogP contribution in [0.4, 0.5) is 0 Å². The van der Waals surface area contributed by atoms with Gasteiger partial charge in [0.05, 0.1) is 10.9 Å². The van der Waals surface area contributed by atoms with Crippen molar-refractivity contribution < 1.29 is 9.59 Å². The van der Waals surface area contributed by atoms with Crippen LogP contribution in [0.25, 0.3) is 0 Å². The molecule has 5 heteroatoms. The van der Waals surface area contributed by atoms with Crippen molar-refractivity contribution in [2.45, 2.75) is 25.8 Å². The fourth-order valence-corrected chi connectivity index (χ4v) is 4.62. The standard InChI is InChI=1S/C25H26N2O2S/c1-18-9-11-20(12-10-18)23(19-6-3-2-4-7-19)26-24(28)21-13-15-27(16-14-21)25(29)22-8-5-17-30-22/h2-12,17,21,23H,13-16H2,1H3,(H,26,28). The Balaban J connectivity index is 1.43. The van der Waals surface area contributed by atoms with Gasteiger partial charge in [-0.2, -0.15) is 0 Å². The number of amides is 2. The Morgan fingerprint density at radius 2 is 1.60 bits per heavy atom. The molecule has 2 amide bonds. The lowest BCUT2D eigenvalue weighted by molar-refractivity contribution is -0.126. The van der Waals surface area contributed by atoms with E-state index in [1.807, 2.05) is 52.7 Å². The van der Waals surface area contributed by atoms with Crippen molar-refractivity contribution in [2.75, 3.05) is 13.1 Å². The fraction of sp³-hybridized carbons (Fsp3) is 0.280. The molecule has 0 bridgehead atoms. The summed E-state index contributed by atoms with van der Waals surface area (Å²) in [5.74, 6) is 0.0624. The number of benzene rings is 2. The van der Waals surface area contributed by atoms with E-state index >= 15 is 0 Å². The van der Waals surface area contributed by atoms with Gasteiger partial charge in [-0.25, -0.2) is 0 Å². The van der Waals surface area contributed by atoms with Gasteiger partial charge in [0.1, 0.15) is 0 Å². The Morgan fingerprint density at radius 3 is 2.23 bits per heavy atom. The van der Waals surface area contributed by atoms with E-state index in [1.54, 1.807) is 0 Å². The first-order valence-corrected chi connectivity index (χ1v) is 11.2. The minimum absolute atomic E-state index is 0.0626. The molecule has 4 rings (SSSR count). The van der Waals surface area contributed by atoms with Crippen molar-refractivity contribution in [3.63, 3.8) is 0 Å². The van der Waals surface area contributed by atoms with E-state index in [9.17, 15) is 9.59 Å². The van der Waals surface area contributed by atoms with Crippen LogP contribution in [0.3, 0.4) is 0 Å². The molecule has 0 aliphatic carbocycles. The molecule has 2 aromatic carbocycles. The van der Waals surface area contributed by atoms with Crippen LogP contribution in [0.1, 0.15) is 45.2 Å². The van der Waals surface area contributed by atoms with Crippen molar-refractivity contribution in [3.8, 4) is 0 Å². The minimum Gasteiger partial charge on any atom is -0.345 e. The van der Waals surface area contributed by atoms with Gasteiger partial charge in [0.25, 0.3) is 5.91 Å². The highest BCUT2D eigenvalue weighted by Gasteiger charge is 2.29. The van der Waals surface area contributed by atoms with Crippen LogP contribution in [-0.4, -0.2) is 29.8 Å². The molecular weight excluding hydrogens is 392 g/mol. The quantitative estimate of drug-likeness (QED) is 0.646. The van der Waals surface area contributed by atoms with E-state index in [2.05, 4.69) is 36.5 Å². The Morgan fingerprint density at radius 1 is 0.933 bits per heavy atom. The molecule has 154 valence electrons. The van der Waals surface area contributed by atoms with Crippen molar-refractivity contribution >= 4 is 23.2 Å². The van der Waals surface area contributed by atoms with Crippen LogP contribution in [0.15, 0.2) is 72.1 Å². The molecule has 1 aromatic heterocycles. The van der Waals surface area contributed by atoms with E-state index in [4.69, 9.17) is 0 Å². The number of aryl methyl sites for hydroxylation is 1. The van der Waals surface area contributed by atoms with Crippen LogP contribution >= 0.6 is 11.3 Å². The smallest absolute Gasteiger partial charge is 0.263 e. The second-order valence-electron chi connectivity index (χ2n) is 7.81. The fourth-order valence-electron chi connectivity index (χ4n) is 3.92. The van der Waals surface area contributed by atoms with Crippen LogP contribution in [-0.2, 0) is 4.79 Å². The Hall–Kier alpha value is -2.92. The van der Waals surface area contributed by atoms with Gasteiger partial charge in [-0.3, -0.25) is 9.59 Å². The average molecular weight is 419 g/mol. The molecule has 0 radical (unpaired) electrons. The van der Waals surface area contributed by atoms with Crippen LogP contribution in [0.2, 0.25) is 0 Å². The lowest BCUT2D eigenvalue weighted by atomic mass is 9.93. The lowest BCUT2D eigenvalue weighted by Gasteiger charge is -2.32. The molecule has 1 atom stereocenters. The summed E-state index contributed by atoms with van der Waals surface area (Å²) in [5.41, 5.74) is 3.34. The summed E-state index contributed by atoms with van der Waals surface area (Å²) in [7, 11) is 0. The lowest BCUT2D eigenvalue weighted by Crippen LogP contribution is -2.43. The SMILES string of the molecule is Cc1ccc(C(NC(=O)C2CCN(C(=O)c3cccs3)CC2)c2ccccc2)cc1. The maximum Gasteiger partial charge on any atom is 0.263 e. The van der Waals surface area contributed by atoms with Crippen LogP contribution in [0, 0.1) is 12.8 Å². The number of thiophene rings is 1. The summed E-state index contributed by atoms with van der Waals surface area (Å²) in [6, 6.07) is 22.0. The van der Waals surface area contributed by atoms with Crippen LogP contribution in [0.5, 0.6) is 0 Å². The van der Waals surface area contributed by atoms with Gasteiger partial charge < -0.3 is 10.2 Å². The van der Waals surface area contributed by atoms with Gasteiger partial charge in [-0.05, 0) is 42.3 Å². The second kappa shape index (κ2) is 9.26. The first kappa shape index (κ1) is 20.4. The highest BCUT2D eigenvalue weighted by Crippen LogP contribution is 2.26. The molecule has 30 heavy (non-hydrogen) atoms. The van der Waals surface area contributed by atoms with Gasteiger partial charge in [0.15, 0.2) is 0 Å². The summed E-state index contributed by atoms with van der Waals surface area (Å²) >= 11 is 1.47. The normalized spacial score (nSPS) is 15.6. The van der Waals surface area contributed by atoms with E-state index < -0.39 is 0 Å². The first-order valence-electron chi connectivity index (χ1n) is 10.4. The summed E-state index contributed by atoms with van der Waals surface area (Å²) in [4.78, 5) is 28.3. The first-order chi connectivity index (χ1) is 14.6. The van der Waals surface area contributed by atoms with E-state index in [-0.39, 0.29) is 23.8 Å². The topological polar surface area (TPSA) is 49.4 Å². The number of likely N-dealkylation sites (tertiary alicyclic amines) is 1. The molecule has 1 saturated heterocycles.